The number of para-hydroxylation sites is 1. The number of carbonyl (C=O) groups is 1. The lowest BCUT2D eigenvalue weighted by Crippen LogP contribution is -2.17. The van der Waals surface area contributed by atoms with E-state index in [0.29, 0.717) is 23.6 Å². The van der Waals surface area contributed by atoms with E-state index < -0.39 is 0 Å². The molecule has 0 unspecified atom stereocenters. The summed E-state index contributed by atoms with van der Waals surface area (Å²) >= 11 is 0. The average molecular weight is 351 g/mol. The topological polar surface area (TPSA) is 59.6 Å². The van der Waals surface area contributed by atoms with Gasteiger partial charge in [-0.3, -0.25) is 4.79 Å². The number of rotatable bonds is 7. The van der Waals surface area contributed by atoms with Gasteiger partial charge >= 0.3 is 0 Å². The molecule has 0 aromatic heterocycles. The van der Waals surface area contributed by atoms with E-state index >= 15 is 0 Å². The molecule has 0 saturated heterocycles. The number of ether oxygens (including phenoxy) is 2. The lowest BCUT2D eigenvalue weighted by atomic mass is 10.1. The van der Waals surface area contributed by atoms with Crippen molar-refractivity contribution in [2.45, 2.75) is 13.5 Å². The van der Waals surface area contributed by atoms with Crippen LogP contribution >= 0.6 is 12.4 Å². The molecule has 0 radical (unpaired) electrons. The van der Waals surface area contributed by atoms with Gasteiger partial charge in [-0.05, 0) is 30.3 Å². The first-order valence-corrected chi connectivity index (χ1v) is 7.51. The summed E-state index contributed by atoms with van der Waals surface area (Å²) in [4.78, 5) is 12.5. The second-order valence-corrected chi connectivity index (χ2v) is 4.99. The fourth-order valence-electron chi connectivity index (χ4n) is 2.19. The molecule has 2 N–H and O–H groups in total. The second kappa shape index (κ2) is 9.80. The SMILES string of the molecule is CCNCc1ccccc1NC(=O)c1cc(OC)cc(OC)c1.Cl. The number of benzene rings is 2. The van der Waals surface area contributed by atoms with E-state index in [1.807, 2.05) is 31.2 Å². The van der Waals surface area contributed by atoms with Crippen LogP contribution in [0.4, 0.5) is 5.69 Å². The molecule has 0 spiro atoms. The summed E-state index contributed by atoms with van der Waals surface area (Å²) in [5, 5.41) is 6.21. The lowest BCUT2D eigenvalue weighted by molar-refractivity contribution is 0.102. The molecule has 0 atom stereocenters. The van der Waals surface area contributed by atoms with Crippen molar-refractivity contribution in [3.05, 3.63) is 53.6 Å². The van der Waals surface area contributed by atoms with Crippen LogP contribution in [0, 0.1) is 0 Å². The molecular weight excluding hydrogens is 328 g/mol. The summed E-state index contributed by atoms with van der Waals surface area (Å²) in [6.45, 7) is 3.62. The maximum absolute atomic E-state index is 12.5. The first kappa shape index (κ1) is 19.8. The molecule has 2 aromatic carbocycles. The maximum Gasteiger partial charge on any atom is 0.255 e. The molecule has 0 bridgehead atoms. The molecule has 2 rings (SSSR count). The highest BCUT2D eigenvalue weighted by Crippen LogP contribution is 2.24. The van der Waals surface area contributed by atoms with Gasteiger partial charge in [0.05, 0.1) is 14.2 Å². The van der Waals surface area contributed by atoms with Crippen LogP contribution in [0.3, 0.4) is 0 Å². The number of nitrogens with one attached hydrogen (secondary N) is 2. The maximum atomic E-state index is 12.5. The predicted octanol–water partition coefficient (Wildman–Crippen LogP) is 3.49. The fraction of sp³-hybridized carbons (Fsp3) is 0.278. The molecule has 24 heavy (non-hydrogen) atoms. The Balaban J connectivity index is 0.00000288. The van der Waals surface area contributed by atoms with Crippen molar-refractivity contribution < 1.29 is 14.3 Å². The molecule has 130 valence electrons. The standard InChI is InChI=1S/C18H22N2O3.ClH/c1-4-19-12-13-7-5-6-8-17(13)20-18(21)14-9-15(22-2)11-16(10-14)23-3;/h5-11,19H,4,12H2,1-3H3,(H,20,21);1H. The van der Waals surface area contributed by atoms with Gasteiger partial charge < -0.3 is 20.1 Å². The number of halogens is 1. The number of hydrogen-bond donors (Lipinski definition) is 2. The lowest BCUT2D eigenvalue weighted by Gasteiger charge is -2.12. The van der Waals surface area contributed by atoms with Crippen LogP contribution in [0.2, 0.25) is 0 Å². The van der Waals surface area contributed by atoms with Gasteiger partial charge in [0.15, 0.2) is 0 Å². The molecule has 0 saturated carbocycles. The van der Waals surface area contributed by atoms with Crippen molar-refractivity contribution >= 4 is 24.0 Å². The highest BCUT2D eigenvalue weighted by molar-refractivity contribution is 6.05. The fourth-order valence-corrected chi connectivity index (χ4v) is 2.19. The van der Waals surface area contributed by atoms with Crippen LogP contribution in [-0.2, 0) is 6.54 Å². The van der Waals surface area contributed by atoms with Crippen molar-refractivity contribution in [3.63, 3.8) is 0 Å². The number of amides is 1. The number of carbonyl (C=O) groups excluding carboxylic acids is 1. The van der Waals surface area contributed by atoms with Gasteiger partial charge in [-0.25, -0.2) is 0 Å². The third-order valence-electron chi connectivity index (χ3n) is 3.44. The number of methoxy groups -OCH3 is 2. The van der Waals surface area contributed by atoms with Gasteiger partial charge in [-0.1, -0.05) is 25.1 Å². The molecule has 6 heteroatoms. The van der Waals surface area contributed by atoms with Gasteiger partial charge in [-0.15, -0.1) is 12.4 Å². The zero-order valence-corrected chi connectivity index (χ0v) is 14.9. The Bertz CT molecular complexity index is 655. The van der Waals surface area contributed by atoms with Crippen LogP contribution < -0.4 is 20.1 Å². The van der Waals surface area contributed by atoms with Crippen molar-refractivity contribution in [2.24, 2.45) is 0 Å². The Hall–Kier alpha value is -2.24. The summed E-state index contributed by atoms with van der Waals surface area (Å²) in [6, 6.07) is 12.8. The molecule has 0 aliphatic carbocycles. The molecule has 5 nitrogen and oxygen atoms in total. The van der Waals surface area contributed by atoms with Gasteiger partial charge in [0.1, 0.15) is 11.5 Å². The highest BCUT2D eigenvalue weighted by Gasteiger charge is 2.12. The van der Waals surface area contributed by atoms with Gasteiger partial charge in [0.25, 0.3) is 5.91 Å². The highest BCUT2D eigenvalue weighted by atomic mass is 35.5. The zero-order valence-electron chi connectivity index (χ0n) is 14.1. The summed E-state index contributed by atoms with van der Waals surface area (Å²) in [5.74, 6) is 0.956. The van der Waals surface area contributed by atoms with Crippen molar-refractivity contribution in [3.8, 4) is 11.5 Å². The first-order chi connectivity index (χ1) is 11.2. The third-order valence-corrected chi connectivity index (χ3v) is 3.44. The number of hydrogen-bond acceptors (Lipinski definition) is 4. The second-order valence-electron chi connectivity index (χ2n) is 4.99. The van der Waals surface area contributed by atoms with E-state index in [1.165, 1.54) is 0 Å². The Labute approximate surface area is 148 Å². The minimum absolute atomic E-state index is 0. The third kappa shape index (κ3) is 5.15. The Morgan fingerprint density at radius 3 is 2.25 bits per heavy atom. The van der Waals surface area contributed by atoms with Gasteiger partial charge in [0, 0.05) is 23.9 Å². The molecule has 2 aromatic rings. The predicted molar refractivity (Wildman–Crippen MR) is 98.6 cm³/mol. The van der Waals surface area contributed by atoms with E-state index in [-0.39, 0.29) is 18.3 Å². The summed E-state index contributed by atoms with van der Waals surface area (Å²) in [6.07, 6.45) is 0. The van der Waals surface area contributed by atoms with Crippen LogP contribution in [0.25, 0.3) is 0 Å². The minimum Gasteiger partial charge on any atom is -0.497 e. The van der Waals surface area contributed by atoms with Crippen LogP contribution in [0.1, 0.15) is 22.8 Å². The Morgan fingerprint density at radius 2 is 1.67 bits per heavy atom. The Morgan fingerprint density at radius 1 is 1.04 bits per heavy atom. The van der Waals surface area contributed by atoms with Crippen molar-refractivity contribution in [1.82, 2.24) is 5.32 Å². The van der Waals surface area contributed by atoms with E-state index in [4.69, 9.17) is 9.47 Å². The molecule has 0 aliphatic rings. The molecule has 0 heterocycles. The van der Waals surface area contributed by atoms with Crippen molar-refractivity contribution in [1.29, 1.82) is 0 Å². The molecule has 0 aliphatic heterocycles. The van der Waals surface area contributed by atoms with E-state index in [1.54, 1.807) is 32.4 Å². The van der Waals surface area contributed by atoms with Crippen molar-refractivity contribution in [2.75, 3.05) is 26.1 Å². The van der Waals surface area contributed by atoms with Crippen LogP contribution in [0.5, 0.6) is 11.5 Å². The largest absolute Gasteiger partial charge is 0.497 e. The summed E-state index contributed by atoms with van der Waals surface area (Å²) in [5.41, 5.74) is 2.32. The molecular formula is C18H23ClN2O3. The quantitative estimate of drug-likeness (QED) is 0.802. The zero-order chi connectivity index (χ0) is 16.7. The monoisotopic (exact) mass is 350 g/mol. The average Bonchev–Trinajstić information content (AvgIpc) is 2.60. The Kier molecular flexibility index (Phi) is 8.09. The minimum atomic E-state index is -0.203. The van der Waals surface area contributed by atoms with E-state index in [9.17, 15) is 4.79 Å². The molecule has 1 amide bonds. The van der Waals surface area contributed by atoms with Crippen LogP contribution in [0.15, 0.2) is 42.5 Å². The van der Waals surface area contributed by atoms with Gasteiger partial charge in [-0.2, -0.15) is 0 Å². The van der Waals surface area contributed by atoms with E-state index in [0.717, 1.165) is 17.8 Å². The first-order valence-electron chi connectivity index (χ1n) is 7.51. The normalized spacial score (nSPS) is 9.79. The van der Waals surface area contributed by atoms with Crippen LogP contribution in [-0.4, -0.2) is 26.7 Å². The number of anilines is 1. The van der Waals surface area contributed by atoms with Gasteiger partial charge in [0.2, 0.25) is 0 Å². The summed E-state index contributed by atoms with van der Waals surface area (Å²) in [7, 11) is 3.12. The molecule has 0 fully saturated rings. The van der Waals surface area contributed by atoms with E-state index in [2.05, 4.69) is 10.6 Å². The smallest absolute Gasteiger partial charge is 0.255 e. The summed E-state index contributed by atoms with van der Waals surface area (Å²) < 4.78 is 10.4.